The second-order valence-electron chi connectivity index (χ2n) is 9.84. The van der Waals surface area contributed by atoms with Crippen LogP contribution < -0.4 is 0 Å². The quantitative estimate of drug-likeness (QED) is 0.0691. The van der Waals surface area contributed by atoms with Gasteiger partial charge in [0.05, 0.1) is 8.07 Å². The summed E-state index contributed by atoms with van der Waals surface area (Å²) in [4.78, 5) is 0. The fraction of sp³-hybridized carbons (Fsp3) is 0.154. The Labute approximate surface area is 259 Å². The van der Waals surface area contributed by atoms with Gasteiger partial charge in [-0.25, -0.2) is 0 Å². The molecule has 0 aliphatic heterocycles. The summed E-state index contributed by atoms with van der Waals surface area (Å²) in [6.07, 6.45) is 2.39. The first-order chi connectivity index (χ1) is 19.7. The van der Waals surface area contributed by atoms with Gasteiger partial charge in [-0.2, -0.15) is 0 Å². The molecule has 2 heteroatoms. The molecule has 0 N–H and O–H groups in total. The summed E-state index contributed by atoms with van der Waals surface area (Å²) >= 11 is 0. The summed E-state index contributed by atoms with van der Waals surface area (Å²) in [7, 11) is -1.81. The smallest absolute Gasteiger partial charge is 0.0875 e. The molecule has 0 saturated carbocycles. The van der Waals surface area contributed by atoms with Gasteiger partial charge in [0.25, 0.3) is 0 Å². The van der Waals surface area contributed by atoms with Crippen LogP contribution in [0.2, 0.25) is 18.1 Å². The van der Waals surface area contributed by atoms with Gasteiger partial charge >= 0.3 is 0 Å². The molecule has 0 amide bonds. The molecule has 5 aromatic carbocycles. The van der Waals surface area contributed by atoms with Crippen LogP contribution in [0.15, 0.2) is 127 Å². The standard InChI is InChI=1S/C34H36Si.C5H.Co/c1-4-35(5-2,6-3)34(31-25-17-10-18-26-31)33(30-23-15-9-16-24-30)32(29-21-13-8-14-22-29)27-28-19-11-7-12-20-28;1-2-4-5-3-1;/h7-27H,4-6H2,1-3H3;1H;/q;-5;. The van der Waals surface area contributed by atoms with Crippen molar-refractivity contribution in [2.45, 2.75) is 38.9 Å². The summed E-state index contributed by atoms with van der Waals surface area (Å²) in [5.74, 6) is 0. The molecule has 0 unspecified atom stereocenters. The summed E-state index contributed by atoms with van der Waals surface area (Å²) < 4.78 is 0. The van der Waals surface area contributed by atoms with E-state index in [2.05, 4.69) is 172 Å². The molecule has 0 spiro atoms. The predicted molar refractivity (Wildman–Crippen MR) is 175 cm³/mol. The third kappa shape index (κ3) is 8.23. The van der Waals surface area contributed by atoms with Crippen molar-refractivity contribution < 1.29 is 16.8 Å². The number of rotatable bonds is 9. The number of hydrogen-bond donors (Lipinski definition) is 0. The van der Waals surface area contributed by atoms with E-state index in [1.54, 1.807) is 11.3 Å². The van der Waals surface area contributed by atoms with Crippen molar-refractivity contribution in [2.24, 2.45) is 0 Å². The molecule has 0 bridgehead atoms. The summed E-state index contributed by atoms with van der Waals surface area (Å²) in [6.45, 7) is 7.23. The SMILES string of the molecule is CC[Si](CC)(CC)C(=C(C(=Cc1ccccc1)c1ccccc1)c1ccccc1)c1ccccc1.[Co].[c-]1[c-][c-][cH-][c-]1. The van der Waals surface area contributed by atoms with E-state index >= 15 is 0 Å². The molecular weight excluding hydrogens is 555 g/mol. The zero-order valence-electron chi connectivity index (χ0n) is 24.2. The van der Waals surface area contributed by atoms with Crippen molar-refractivity contribution >= 4 is 30.5 Å². The molecule has 0 saturated heterocycles. The molecule has 0 aliphatic carbocycles. The van der Waals surface area contributed by atoms with Crippen molar-refractivity contribution in [3.05, 3.63) is 174 Å². The van der Waals surface area contributed by atoms with Gasteiger partial charge in [0.2, 0.25) is 0 Å². The summed E-state index contributed by atoms with van der Waals surface area (Å²) in [5.41, 5.74) is 7.85. The van der Waals surface area contributed by atoms with Crippen LogP contribution >= 0.6 is 0 Å². The Morgan fingerprint density at radius 2 is 1.00 bits per heavy atom. The average Bonchev–Trinajstić information content (AvgIpc) is 3.63. The Balaban J connectivity index is 0.000000696. The van der Waals surface area contributed by atoms with Gasteiger partial charge < -0.3 is 30.3 Å². The molecule has 1 radical (unpaired) electrons. The maximum Gasteiger partial charge on any atom is 0.0875 e. The molecule has 41 heavy (non-hydrogen) atoms. The number of hydrogen-bond acceptors (Lipinski definition) is 0. The zero-order chi connectivity index (χ0) is 28.0. The van der Waals surface area contributed by atoms with Crippen LogP contribution in [0.4, 0.5) is 0 Å². The van der Waals surface area contributed by atoms with Crippen LogP contribution in [0.1, 0.15) is 43.0 Å². The molecule has 0 nitrogen and oxygen atoms in total. The minimum absolute atomic E-state index is 0. The minimum atomic E-state index is -1.81. The molecule has 5 aromatic rings. The number of allylic oxidation sites excluding steroid dienone is 2. The third-order valence-electron chi connectivity index (χ3n) is 7.75. The maximum absolute atomic E-state index is 2.62. The van der Waals surface area contributed by atoms with E-state index in [1.165, 1.54) is 51.5 Å². The third-order valence-corrected chi connectivity index (χ3v) is 13.4. The summed E-state index contributed by atoms with van der Waals surface area (Å²) in [6, 6.07) is 59.6. The normalized spacial score (nSPS) is 11.9. The Morgan fingerprint density at radius 1 is 0.585 bits per heavy atom. The molecular formula is C39H37CoSi-5. The van der Waals surface area contributed by atoms with Gasteiger partial charge in [-0.3, -0.25) is 0 Å². The van der Waals surface area contributed by atoms with Gasteiger partial charge in [-0.1, -0.05) is 160 Å². The molecule has 0 aromatic heterocycles. The molecule has 211 valence electrons. The first-order valence-electron chi connectivity index (χ1n) is 14.2. The van der Waals surface area contributed by atoms with Gasteiger partial charge in [0.15, 0.2) is 0 Å². The zero-order valence-corrected chi connectivity index (χ0v) is 26.2. The van der Waals surface area contributed by atoms with E-state index in [0.29, 0.717) is 0 Å². The van der Waals surface area contributed by atoms with Crippen molar-refractivity contribution in [1.29, 1.82) is 0 Å². The number of benzene rings is 4. The second-order valence-corrected chi connectivity index (χ2v) is 15.0. The van der Waals surface area contributed by atoms with Crippen LogP contribution in [0.25, 0.3) is 22.4 Å². The Morgan fingerprint density at radius 3 is 1.41 bits per heavy atom. The van der Waals surface area contributed by atoms with E-state index in [1.807, 2.05) is 0 Å². The van der Waals surface area contributed by atoms with Gasteiger partial charge in [-0.15, -0.1) is 0 Å². The second kappa shape index (κ2) is 16.6. The Hall–Kier alpha value is -3.57. The largest absolute Gasteiger partial charge is 0.999 e. The van der Waals surface area contributed by atoms with Crippen molar-refractivity contribution in [3.63, 3.8) is 0 Å². The molecule has 5 rings (SSSR count). The molecule has 0 aliphatic rings. The van der Waals surface area contributed by atoms with E-state index in [-0.39, 0.29) is 16.8 Å². The van der Waals surface area contributed by atoms with Gasteiger partial charge in [0, 0.05) is 16.8 Å². The maximum atomic E-state index is 2.62. The van der Waals surface area contributed by atoms with Crippen LogP contribution in [0.3, 0.4) is 0 Å². The average molecular weight is 593 g/mol. The Bertz CT molecular complexity index is 1420. The molecule has 0 fully saturated rings. The van der Waals surface area contributed by atoms with E-state index in [0.717, 1.165) is 0 Å². The van der Waals surface area contributed by atoms with Crippen LogP contribution in [-0.4, -0.2) is 8.07 Å². The minimum Gasteiger partial charge on any atom is -0.999 e. The van der Waals surface area contributed by atoms with Crippen LogP contribution in [0, 0.1) is 24.3 Å². The molecule has 0 atom stereocenters. The van der Waals surface area contributed by atoms with E-state index in [9.17, 15) is 0 Å². The van der Waals surface area contributed by atoms with Crippen LogP contribution in [0.5, 0.6) is 0 Å². The fourth-order valence-electron chi connectivity index (χ4n) is 5.45. The van der Waals surface area contributed by atoms with Crippen molar-refractivity contribution in [2.75, 3.05) is 0 Å². The fourth-order valence-corrected chi connectivity index (χ4v) is 9.60. The topological polar surface area (TPSA) is 0 Å². The first-order valence-corrected chi connectivity index (χ1v) is 16.9. The van der Waals surface area contributed by atoms with Crippen LogP contribution in [-0.2, 0) is 16.8 Å². The van der Waals surface area contributed by atoms with Crippen molar-refractivity contribution in [1.82, 2.24) is 0 Å². The molecule has 0 heterocycles. The predicted octanol–water partition coefficient (Wildman–Crippen LogP) is 10.5. The van der Waals surface area contributed by atoms with Gasteiger partial charge in [0.1, 0.15) is 0 Å². The van der Waals surface area contributed by atoms with E-state index in [4.69, 9.17) is 0 Å². The summed E-state index contributed by atoms with van der Waals surface area (Å²) in [5, 5.41) is 1.59. The Kier molecular flexibility index (Phi) is 13.0. The van der Waals surface area contributed by atoms with Gasteiger partial charge in [-0.05, 0) is 44.7 Å². The monoisotopic (exact) mass is 592 g/mol. The van der Waals surface area contributed by atoms with E-state index < -0.39 is 8.07 Å². The first kappa shape index (κ1) is 32.0. The van der Waals surface area contributed by atoms with Crippen molar-refractivity contribution in [3.8, 4) is 0 Å².